The highest BCUT2D eigenvalue weighted by Crippen LogP contribution is 2.34. The second-order valence-corrected chi connectivity index (χ2v) is 9.77. The van der Waals surface area contributed by atoms with Crippen LogP contribution in [0.25, 0.3) is 0 Å². The molecule has 28 heavy (non-hydrogen) atoms. The molecule has 2 fully saturated rings. The number of carbonyl (C=O) groups excluding carboxylic acids is 1. The molecule has 7 nitrogen and oxygen atoms in total. The van der Waals surface area contributed by atoms with Gasteiger partial charge in [-0.15, -0.1) is 0 Å². The van der Waals surface area contributed by atoms with E-state index in [4.69, 9.17) is 9.47 Å². The normalized spacial score (nSPS) is 22.0. The molecule has 4 rings (SSSR count). The summed E-state index contributed by atoms with van der Waals surface area (Å²) in [6, 6.07) is 5.03. The molecule has 0 bridgehead atoms. The molecule has 8 heteroatoms. The molecule has 3 aliphatic rings. The first-order valence-electron chi connectivity index (χ1n) is 10.2. The van der Waals surface area contributed by atoms with Crippen LogP contribution in [0.4, 0.5) is 0 Å². The molecule has 0 atom stereocenters. The Hall–Kier alpha value is -1.80. The number of hydrogen-bond donors (Lipinski definition) is 1. The van der Waals surface area contributed by atoms with Crippen molar-refractivity contribution in [3.05, 3.63) is 18.2 Å². The number of ether oxygens (including phenoxy) is 2. The smallest absolute Gasteiger partial charge is 0.243 e. The lowest BCUT2D eigenvalue weighted by atomic mass is 9.93. The molecule has 1 amide bonds. The topological polar surface area (TPSA) is 84.9 Å². The summed E-state index contributed by atoms with van der Waals surface area (Å²) in [4.78, 5) is 12.8. The number of nitrogens with zero attached hydrogens (tertiary/aromatic N) is 1. The Morgan fingerprint density at radius 1 is 0.964 bits per heavy atom. The van der Waals surface area contributed by atoms with Gasteiger partial charge in [0.2, 0.25) is 15.9 Å². The van der Waals surface area contributed by atoms with E-state index >= 15 is 0 Å². The summed E-state index contributed by atoms with van der Waals surface area (Å²) >= 11 is 0. The van der Waals surface area contributed by atoms with E-state index in [9.17, 15) is 13.2 Å². The zero-order chi connectivity index (χ0) is 19.6. The summed E-state index contributed by atoms with van der Waals surface area (Å²) < 4.78 is 38.4. The Balaban J connectivity index is 1.36. The molecule has 1 aliphatic carbocycles. The monoisotopic (exact) mass is 408 g/mol. The fourth-order valence-electron chi connectivity index (χ4n) is 4.26. The van der Waals surface area contributed by atoms with E-state index in [1.807, 2.05) is 0 Å². The quantitative estimate of drug-likeness (QED) is 0.826. The number of carbonyl (C=O) groups is 1. The van der Waals surface area contributed by atoms with Crippen LogP contribution in [0.5, 0.6) is 11.5 Å². The van der Waals surface area contributed by atoms with E-state index in [0.29, 0.717) is 56.7 Å². The molecule has 1 N–H and O–H groups in total. The second kappa shape index (κ2) is 8.29. The van der Waals surface area contributed by atoms with Crippen molar-refractivity contribution in [1.82, 2.24) is 9.62 Å². The number of amides is 1. The molecule has 0 aromatic heterocycles. The van der Waals surface area contributed by atoms with Crippen molar-refractivity contribution in [2.45, 2.75) is 55.9 Å². The van der Waals surface area contributed by atoms with Crippen molar-refractivity contribution < 1.29 is 22.7 Å². The maximum atomic E-state index is 13.0. The van der Waals surface area contributed by atoms with Crippen molar-refractivity contribution >= 4 is 15.9 Å². The van der Waals surface area contributed by atoms with Crippen molar-refractivity contribution in [2.75, 3.05) is 26.3 Å². The fourth-order valence-corrected chi connectivity index (χ4v) is 5.74. The van der Waals surface area contributed by atoms with Gasteiger partial charge in [0.05, 0.1) is 4.90 Å². The number of hydrogen-bond acceptors (Lipinski definition) is 5. The van der Waals surface area contributed by atoms with E-state index in [1.165, 1.54) is 29.6 Å². The largest absolute Gasteiger partial charge is 0.486 e. The molecule has 2 heterocycles. The van der Waals surface area contributed by atoms with Crippen LogP contribution in [-0.2, 0) is 14.8 Å². The Labute approximate surface area is 166 Å². The van der Waals surface area contributed by atoms with Crippen molar-refractivity contribution in [1.29, 1.82) is 0 Å². The molecule has 1 saturated carbocycles. The predicted molar refractivity (Wildman–Crippen MR) is 104 cm³/mol. The molecule has 0 unspecified atom stereocenters. The van der Waals surface area contributed by atoms with Crippen LogP contribution in [0.15, 0.2) is 23.1 Å². The maximum absolute atomic E-state index is 13.0. The molecule has 1 saturated heterocycles. The van der Waals surface area contributed by atoms with Gasteiger partial charge in [-0.25, -0.2) is 8.42 Å². The SMILES string of the molecule is O=C(NC1CCCCC1)C1CCN(S(=O)(=O)c2ccc3c(c2)OCCO3)CC1. The van der Waals surface area contributed by atoms with Gasteiger partial charge in [0, 0.05) is 31.1 Å². The lowest BCUT2D eigenvalue weighted by Crippen LogP contribution is -2.45. The van der Waals surface area contributed by atoms with Crippen LogP contribution in [0, 0.1) is 5.92 Å². The van der Waals surface area contributed by atoms with Crippen molar-refractivity contribution in [3.8, 4) is 11.5 Å². The van der Waals surface area contributed by atoms with Crippen LogP contribution in [0.2, 0.25) is 0 Å². The van der Waals surface area contributed by atoms with E-state index < -0.39 is 10.0 Å². The van der Waals surface area contributed by atoms with Crippen LogP contribution in [0.3, 0.4) is 0 Å². The number of sulfonamides is 1. The van der Waals surface area contributed by atoms with Gasteiger partial charge in [-0.05, 0) is 37.8 Å². The minimum atomic E-state index is -3.61. The lowest BCUT2D eigenvalue weighted by molar-refractivity contribution is -0.127. The Bertz CT molecular complexity index is 812. The Morgan fingerprint density at radius 3 is 2.36 bits per heavy atom. The van der Waals surface area contributed by atoms with Crippen molar-refractivity contribution in [2.24, 2.45) is 5.92 Å². The van der Waals surface area contributed by atoms with Gasteiger partial charge >= 0.3 is 0 Å². The van der Waals surface area contributed by atoms with Gasteiger partial charge < -0.3 is 14.8 Å². The van der Waals surface area contributed by atoms with E-state index in [2.05, 4.69) is 5.32 Å². The standard InChI is InChI=1S/C20H28N2O5S/c23-20(21-16-4-2-1-3-5-16)15-8-10-22(11-9-15)28(24,25)17-6-7-18-19(14-17)27-13-12-26-18/h6-7,14-16H,1-5,8-13H2,(H,21,23). The molecule has 0 radical (unpaired) electrons. The number of benzene rings is 1. The minimum Gasteiger partial charge on any atom is -0.486 e. The molecule has 1 aromatic carbocycles. The van der Waals surface area contributed by atoms with E-state index in [1.54, 1.807) is 12.1 Å². The summed E-state index contributed by atoms with van der Waals surface area (Å²) in [6.45, 7) is 1.60. The first kappa shape index (κ1) is 19.5. The minimum absolute atomic E-state index is 0.0864. The number of rotatable bonds is 4. The summed E-state index contributed by atoms with van der Waals surface area (Å²) in [5.41, 5.74) is 0. The number of piperidine rings is 1. The fraction of sp³-hybridized carbons (Fsp3) is 0.650. The summed E-state index contributed by atoms with van der Waals surface area (Å²) in [7, 11) is -3.61. The van der Waals surface area contributed by atoms with Crippen LogP contribution in [-0.4, -0.2) is 51.0 Å². The van der Waals surface area contributed by atoms with Gasteiger partial charge in [0.1, 0.15) is 13.2 Å². The average Bonchev–Trinajstić information content (AvgIpc) is 2.74. The molecular formula is C20H28N2O5S. The first-order chi connectivity index (χ1) is 13.5. The van der Waals surface area contributed by atoms with Gasteiger partial charge in [0.15, 0.2) is 11.5 Å². The highest BCUT2D eigenvalue weighted by Gasteiger charge is 2.33. The maximum Gasteiger partial charge on any atom is 0.243 e. The van der Waals surface area contributed by atoms with Gasteiger partial charge in [0.25, 0.3) is 0 Å². The van der Waals surface area contributed by atoms with E-state index in [-0.39, 0.29) is 16.7 Å². The Kier molecular flexibility index (Phi) is 5.78. The highest BCUT2D eigenvalue weighted by atomic mass is 32.2. The first-order valence-corrected chi connectivity index (χ1v) is 11.7. The summed E-state index contributed by atoms with van der Waals surface area (Å²) in [6.07, 6.45) is 6.84. The van der Waals surface area contributed by atoms with Gasteiger partial charge in [-0.1, -0.05) is 19.3 Å². The molecular weight excluding hydrogens is 380 g/mol. The van der Waals surface area contributed by atoms with Crippen LogP contribution in [0.1, 0.15) is 44.9 Å². The molecule has 0 spiro atoms. The lowest BCUT2D eigenvalue weighted by Gasteiger charge is -2.32. The van der Waals surface area contributed by atoms with E-state index in [0.717, 1.165) is 12.8 Å². The van der Waals surface area contributed by atoms with Gasteiger partial charge in [-0.2, -0.15) is 4.31 Å². The third-order valence-corrected chi connectivity index (χ3v) is 7.82. The number of fused-ring (bicyclic) bond motifs is 1. The Morgan fingerprint density at radius 2 is 1.64 bits per heavy atom. The van der Waals surface area contributed by atoms with Crippen LogP contribution >= 0.6 is 0 Å². The third kappa shape index (κ3) is 4.12. The highest BCUT2D eigenvalue weighted by molar-refractivity contribution is 7.89. The summed E-state index contributed by atoms with van der Waals surface area (Å²) in [5, 5.41) is 3.17. The average molecular weight is 409 g/mol. The zero-order valence-electron chi connectivity index (χ0n) is 16.1. The molecule has 1 aromatic rings. The summed E-state index contributed by atoms with van der Waals surface area (Å²) in [5.74, 6) is 1.02. The molecule has 2 aliphatic heterocycles. The third-order valence-electron chi connectivity index (χ3n) is 5.93. The second-order valence-electron chi connectivity index (χ2n) is 7.83. The number of nitrogens with one attached hydrogen (secondary N) is 1. The van der Waals surface area contributed by atoms with Crippen molar-refractivity contribution in [3.63, 3.8) is 0 Å². The van der Waals surface area contributed by atoms with Gasteiger partial charge in [-0.3, -0.25) is 4.79 Å². The molecule has 154 valence electrons. The van der Waals surface area contributed by atoms with Crippen LogP contribution < -0.4 is 14.8 Å². The zero-order valence-corrected chi connectivity index (χ0v) is 16.9. The predicted octanol–water partition coefficient (Wildman–Crippen LogP) is 2.31.